The first-order valence-corrected chi connectivity index (χ1v) is 7.12. The number of carbonyl (C=O) groups excluding carboxylic acids is 1. The van der Waals surface area contributed by atoms with E-state index >= 15 is 0 Å². The Morgan fingerprint density at radius 1 is 1.53 bits per heavy atom. The molecule has 1 amide bonds. The number of nitrogens with one attached hydrogen (secondary N) is 2. The van der Waals surface area contributed by atoms with Gasteiger partial charge in [-0.25, -0.2) is 4.98 Å². The molecule has 1 aliphatic rings. The van der Waals surface area contributed by atoms with Gasteiger partial charge in [0.15, 0.2) is 0 Å². The first-order chi connectivity index (χ1) is 9.15. The van der Waals surface area contributed by atoms with Crippen molar-refractivity contribution in [2.24, 2.45) is 11.8 Å². The molecule has 106 valence electrons. The van der Waals surface area contributed by atoms with Crippen LogP contribution in [-0.2, 0) is 17.9 Å². The molecule has 0 spiro atoms. The van der Waals surface area contributed by atoms with Gasteiger partial charge < -0.3 is 15.2 Å². The lowest BCUT2D eigenvalue weighted by atomic mass is 10.2. The Morgan fingerprint density at radius 3 is 3.00 bits per heavy atom. The minimum absolute atomic E-state index is 0.0414. The molecule has 0 aromatic carbocycles. The summed E-state index contributed by atoms with van der Waals surface area (Å²) in [6.07, 6.45) is 6.37. The molecule has 0 atom stereocenters. The number of hydrogen-bond donors (Lipinski definition) is 2. The monoisotopic (exact) mass is 264 g/mol. The summed E-state index contributed by atoms with van der Waals surface area (Å²) in [6, 6.07) is 0. The molecule has 2 rings (SSSR count). The highest BCUT2D eigenvalue weighted by Crippen LogP contribution is 2.27. The van der Waals surface area contributed by atoms with E-state index in [-0.39, 0.29) is 5.91 Å². The average molecular weight is 264 g/mol. The summed E-state index contributed by atoms with van der Waals surface area (Å²) >= 11 is 0. The fraction of sp³-hybridized carbons (Fsp3) is 0.714. The Morgan fingerprint density at radius 2 is 2.32 bits per heavy atom. The van der Waals surface area contributed by atoms with Gasteiger partial charge in [0.05, 0.1) is 13.1 Å². The van der Waals surface area contributed by atoms with E-state index < -0.39 is 0 Å². The Bertz CT molecular complexity index is 409. The minimum atomic E-state index is 0.0414. The number of amides is 1. The molecule has 0 aliphatic heterocycles. The van der Waals surface area contributed by atoms with Gasteiger partial charge in [0.2, 0.25) is 5.91 Å². The van der Waals surface area contributed by atoms with Crippen molar-refractivity contribution >= 4 is 5.91 Å². The normalized spacial score (nSPS) is 14.9. The van der Waals surface area contributed by atoms with Crippen LogP contribution in [0.1, 0.15) is 32.5 Å². The first-order valence-electron chi connectivity index (χ1n) is 7.12. The number of hydrogen-bond acceptors (Lipinski definition) is 3. The van der Waals surface area contributed by atoms with Crippen LogP contribution in [-0.4, -0.2) is 28.5 Å². The minimum Gasteiger partial charge on any atom is -0.348 e. The van der Waals surface area contributed by atoms with E-state index in [9.17, 15) is 4.79 Å². The van der Waals surface area contributed by atoms with Gasteiger partial charge in [-0.2, -0.15) is 0 Å². The highest BCUT2D eigenvalue weighted by atomic mass is 16.1. The third-order valence-corrected chi connectivity index (χ3v) is 3.22. The molecule has 1 saturated carbocycles. The lowest BCUT2D eigenvalue weighted by molar-refractivity contribution is -0.120. The van der Waals surface area contributed by atoms with Gasteiger partial charge in [-0.15, -0.1) is 0 Å². The van der Waals surface area contributed by atoms with E-state index in [0.29, 0.717) is 19.0 Å². The lowest BCUT2D eigenvalue weighted by Gasteiger charge is -2.11. The maximum Gasteiger partial charge on any atom is 0.234 e. The van der Waals surface area contributed by atoms with Crippen molar-refractivity contribution in [2.75, 3.05) is 13.1 Å². The maximum absolute atomic E-state index is 11.7. The van der Waals surface area contributed by atoms with Crippen LogP contribution in [0.15, 0.2) is 12.4 Å². The van der Waals surface area contributed by atoms with Crippen molar-refractivity contribution < 1.29 is 4.79 Å². The number of nitrogens with zero attached hydrogens (tertiary/aromatic N) is 2. The average Bonchev–Trinajstić information content (AvgIpc) is 3.07. The molecule has 1 aromatic heterocycles. The Hall–Kier alpha value is -1.36. The predicted octanol–water partition coefficient (Wildman–Crippen LogP) is 1.15. The number of imidazole rings is 1. The van der Waals surface area contributed by atoms with Crippen LogP contribution >= 0.6 is 0 Å². The summed E-state index contributed by atoms with van der Waals surface area (Å²) in [5.41, 5.74) is 0. The van der Waals surface area contributed by atoms with Crippen molar-refractivity contribution in [1.29, 1.82) is 0 Å². The second-order valence-corrected chi connectivity index (χ2v) is 5.74. The molecule has 0 unspecified atom stereocenters. The molecular weight excluding hydrogens is 240 g/mol. The lowest BCUT2D eigenvalue weighted by Crippen LogP contribution is -2.35. The van der Waals surface area contributed by atoms with Gasteiger partial charge in [0, 0.05) is 18.9 Å². The van der Waals surface area contributed by atoms with Crippen LogP contribution in [0.5, 0.6) is 0 Å². The van der Waals surface area contributed by atoms with Gasteiger partial charge in [-0.1, -0.05) is 13.8 Å². The maximum atomic E-state index is 11.7. The Labute approximate surface area is 114 Å². The summed E-state index contributed by atoms with van der Waals surface area (Å²) in [5.74, 6) is 2.34. The summed E-state index contributed by atoms with van der Waals surface area (Å²) in [4.78, 5) is 16.0. The SMILES string of the molecule is CC(C)Cn1ccnc1CNC(=O)CNCC1CC1. The smallest absolute Gasteiger partial charge is 0.234 e. The molecule has 19 heavy (non-hydrogen) atoms. The molecule has 0 saturated heterocycles. The predicted molar refractivity (Wildman–Crippen MR) is 74.5 cm³/mol. The number of rotatable bonds is 8. The fourth-order valence-electron chi connectivity index (χ4n) is 2.02. The Balaban J connectivity index is 1.68. The van der Waals surface area contributed by atoms with Gasteiger partial charge in [0.25, 0.3) is 0 Å². The summed E-state index contributed by atoms with van der Waals surface area (Å²) in [6.45, 7) is 7.15. The zero-order valence-electron chi connectivity index (χ0n) is 11.9. The molecule has 0 radical (unpaired) electrons. The fourth-order valence-corrected chi connectivity index (χ4v) is 2.02. The molecule has 1 aromatic rings. The van der Waals surface area contributed by atoms with E-state index in [4.69, 9.17) is 0 Å². The summed E-state index contributed by atoms with van der Waals surface area (Å²) < 4.78 is 2.10. The van der Waals surface area contributed by atoms with E-state index in [1.54, 1.807) is 6.20 Å². The van der Waals surface area contributed by atoms with E-state index in [1.165, 1.54) is 12.8 Å². The van der Waals surface area contributed by atoms with Crippen LogP contribution in [0, 0.1) is 11.8 Å². The topological polar surface area (TPSA) is 59.0 Å². The second-order valence-electron chi connectivity index (χ2n) is 5.74. The van der Waals surface area contributed by atoms with Crippen LogP contribution in [0.2, 0.25) is 0 Å². The standard InChI is InChI=1S/C14H24N4O/c1-11(2)10-18-6-5-16-13(18)8-17-14(19)9-15-7-12-3-4-12/h5-6,11-12,15H,3-4,7-10H2,1-2H3,(H,17,19). The van der Waals surface area contributed by atoms with Gasteiger partial charge >= 0.3 is 0 Å². The molecule has 5 nitrogen and oxygen atoms in total. The Kier molecular flexibility index (Phi) is 4.96. The van der Waals surface area contributed by atoms with Crippen LogP contribution in [0.3, 0.4) is 0 Å². The molecule has 5 heteroatoms. The van der Waals surface area contributed by atoms with Crippen molar-refractivity contribution in [1.82, 2.24) is 20.2 Å². The van der Waals surface area contributed by atoms with E-state index in [0.717, 1.165) is 24.8 Å². The number of aromatic nitrogens is 2. The highest BCUT2D eigenvalue weighted by molar-refractivity contribution is 5.77. The van der Waals surface area contributed by atoms with Crippen LogP contribution in [0.4, 0.5) is 0 Å². The molecular formula is C14H24N4O. The first kappa shape index (κ1) is 14.1. The van der Waals surface area contributed by atoms with Crippen molar-refractivity contribution in [3.05, 3.63) is 18.2 Å². The molecule has 0 bridgehead atoms. The quantitative estimate of drug-likeness (QED) is 0.740. The van der Waals surface area contributed by atoms with Crippen LogP contribution < -0.4 is 10.6 Å². The van der Waals surface area contributed by atoms with Gasteiger partial charge in [-0.3, -0.25) is 4.79 Å². The van der Waals surface area contributed by atoms with Gasteiger partial charge in [-0.05, 0) is 31.2 Å². The van der Waals surface area contributed by atoms with E-state index in [2.05, 4.69) is 34.0 Å². The molecule has 2 N–H and O–H groups in total. The van der Waals surface area contributed by atoms with Crippen LogP contribution in [0.25, 0.3) is 0 Å². The highest BCUT2D eigenvalue weighted by Gasteiger charge is 2.20. The summed E-state index contributed by atoms with van der Waals surface area (Å²) in [7, 11) is 0. The molecule has 1 heterocycles. The van der Waals surface area contributed by atoms with E-state index in [1.807, 2.05) is 6.20 Å². The zero-order valence-corrected chi connectivity index (χ0v) is 11.9. The third-order valence-electron chi connectivity index (χ3n) is 3.22. The van der Waals surface area contributed by atoms with Crippen molar-refractivity contribution in [3.8, 4) is 0 Å². The zero-order chi connectivity index (χ0) is 13.7. The second kappa shape index (κ2) is 6.70. The third kappa shape index (κ3) is 5.03. The number of carbonyl (C=O) groups is 1. The largest absolute Gasteiger partial charge is 0.348 e. The summed E-state index contributed by atoms with van der Waals surface area (Å²) in [5, 5.41) is 6.09. The molecule has 1 aliphatic carbocycles. The van der Waals surface area contributed by atoms with Gasteiger partial charge in [0.1, 0.15) is 5.82 Å². The van der Waals surface area contributed by atoms with Crippen molar-refractivity contribution in [3.63, 3.8) is 0 Å². The molecule has 1 fully saturated rings. The van der Waals surface area contributed by atoms with Crippen molar-refractivity contribution in [2.45, 2.75) is 39.8 Å².